The van der Waals surface area contributed by atoms with Crippen LogP contribution in [0.25, 0.3) is 0 Å². The lowest BCUT2D eigenvalue weighted by atomic mass is 10.1. The lowest BCUT2D eigenvalue weighted by molar-refractivity contribution is 0.0591. The van der Waals surface area contributed by atoms with E-state index in [-0.39, 0.29) is 28.9 Å². The van der Waals surface area contributed by atoms with Gasteiger partial charge in [-0.15, -0.1) is 17.0 Å². The highest BCUT2D eigenvalue weighted by molar-refractivity contribution is 8.93. The number of rotatable bonds is 4. The second-order valence-corrected chi connectivity index (χ2v) is 5.35. The molecule has 0 fully saturated rings. The van der Waals surface area contributed by atoms with E-state index in [0.29, 0.717) is 22.6 Å². The third kappa shape index (κ3) is 6.94. The van der Waals surface area contributed by atoms with Crippen molar-refractivity contribution in [1.82, 2.24) is 0 Å². The van der Waals surface area contributed by atoms with Gasteiger partial charge >= 0.3 is 11.9 Å². The van der Waals surface area contributed by atoms with Crippen molar-refractivity contribution in [2.75, 3.05) is 28.4 Å². The fourth-order valence-electron chi connectivity index (χ4n) is 2.13. The van der Waals surface area contributed by atoms with Gasteiger partial charge in [-0.1, -0.05) is 12.1 Å². The van der Waals surface area contributed by atoms with E-state index in [4.69, 9.17) is 9.47 Å². The molecule has 0 spiro atoms. The van der Waals surface area contributed by atoms with Crippen molar-refractivity contribution < 1.29 is 28.5 Å². The molecule has 2 aromatic carbocycles. The summed E-state index contributed by atoms with van der Waals surface area (Å²) in [5.74, 6) is 0.697. The molecule has 7 heteroatoms. The number of esters is 2. The first-order valence-corrected chi connectivity index (χ1v) is 7.83. The Morgan fingerprint density at radius 2 is 1.00 bits per heavy atom. The van der Waals surface area contributed by atoms with Crippen molar-refractivity contribution in [2.45, 2.75) is 13.8 Å². The fourth-order valence-corrected chi connectivity index (χ4v) is 2.13. The molecule has 0 aliphatic heterocycles. The van der Waals surface area contributed by atoms with E-state index in [0.717, 1.165) is 11.1 Å². The molecule has 0 amide bonds. The summed E-state index contributed by atoms with van der Waals surface area (Å²) in [5, 5.41) is 0. The molecule has 6 nitrogen and oxygen atoms in total. The van der Waals surface area contributed by atoms with Crippen LogP contribution < -0.4 is 9.47 Å². The van der Waals surface area contributed by atoms with Gasteiger partial charge in [0.25, 0.3) is 0 Å². The summed E-state index contributed by atoms with van der Waals surface area (Å²) < 4.78 is 19.3. The number of benzene rings is 2. The summed E-state index contributed by atoms with van der Waals surface area (Å²) in [6.07, 6.45) is 0. The number of carbonyl (C=O) groups is 2. The number of carbonyl (C=O) groups excluding carboxylic acids is 2. The van der Waals surface area contributed by atoms with E-state index in [9.17, 15) is 9.59 Å². The zero-order valence-electron chi connectivity index (χ0n) is 16.3. The van der Waals surface area contributed by atoms with Crippen molar-refractivity contribution in [2.24, 2.45) is 0 Å². The maximum absolute atomic E-state index is 11.1. The Kier molecular flexibility index (Phi) is 10.8. The van der Waals surface area contributed by atoms with E-state index < -0.39 is 0 Å². The monoisotopic (exact) mass is 440 g/mol. The standard InChI is InChI=1S/2C10H12O3.BrH/c2*1-7-4-5-8(10(11)13-3)6-9(7)12-2;/h2*4-6H,1-3H3;1H. The fraction of sp³-hybridized carbons (Fsp3) is 0.300. The first-order chi connectivity index (χ1) is 12.4. The van der Waals surface area contributed by atoms with Crippen LogP contribution in [0.5, 0.6) is 11.5 Å². The Labute approximate surface area is 170 Å². The highest BCUT2D eigenvalue weighted by Crippen LogP contribution is 2.20. The van der Waals surface area contributed by atoms with Crippen LogP contribution in [0.4, 0.5) is 0 Å². The van der Waals surface area contributed by atoms with Crippen molar-refractivity contribution in [3.05, 3.63) is 58.7 Å². The van der Waals surface area contributed by atoms with Gasteiger partial charge in [0.15, 0.2) is 0 Å². The predicted octanol–water partition coefficient (Wildman–Crippen LogP) is 4.16. The van der Waals surface area contributed by atoms with Crippen molar-refractivity contribution in [1.29, 1.82) is 0 Å². The van der Waals surface area contributed by atoms with Crippen LogP contribution in [0.15, 0.2) is 36.4 Å². The summed E-state index contributed by atoms with van der Waals surface area (Å²) in [6, 6.07) is 10.4. The van der Waals surface area contributed by atoms with Gasteiger partial charge in [-0.25, -0.2) is 9.59 Å². The van der Waals surface area contributed by atoms with E-state index in [2.05, 4.69) is 9.47 Å². The molecule has 0 saturated heterocycles. The highest BCUT2D eigenvalue weighted by atomic mass is 79.9. The van der Waals surface area contributed by atoms with Crippen LogP contribution in [-0.4, -0.2) is 40.4 Å². The Hall–Kier alpha value is -2.54. The molecule has 0 radical (unpaired) electrons. The summed E-state index contributed by atoms with van der Waals surface area (Å²) in [6.45, 7) is 3.83. The van der Waals surface area contributed by atoms with Crippen LogP contribution in [-0.2, 0) is 9.47 Å². The van der Waals surface area contributed by atoms with Gasteiger partial charge in [0.05, 0.1) is 39.6 Å². The molecule has 0 aliphatic rings. The third-order valence-electron chi connectivity index (χ3n) is 3.66. The molecule has 0 unspecified atom stereocenters. The van der Waals surface area contributed by atoms with E-state index in [1.165, 1.54) is 14.2 Å². The molecule has 0 bridgehead atoms. The van der Waals surface area contributed by atoms with E-state index >= 15 is 0 Å². The number of ether oxygens (including phenoxy) is 4. The molecule has 0 heterocycles. The Bertz CT molecular complexity index is 708. The molecule has 0 N–H and O–H groups in total. The van der Waals surface area contributed by atoms with Gasteiger partial charge in [-0.3, -0.25) is 0 Å². The van der Waals surface area contributed by atoms with Gasteiger partial charge in [-0.2, -0.15) is 0 Å². The maximum Gasteiger partial charge on any atom is 0.337 e. The predicted molar refractivity (Wildman–Crippen MR) is 108 cm³/mol. The smallest absolute Gasteiger partial charge is 0.337 e. The maximum atomic E-state index is 11.1. The van der Waals surface area contributed by atoms with Crippen molar-refractivity contribution in [3.63, 3.8) is 0 Å². The number of aryl methyl sites for hydroxylation is 2. The first-order valence-electron chi connectivity index (χ1n) is 7.83. The molecule has 148 valence electrons. The second-order valence-electron chi connectivity index (χ2n) is 5.35. The van der Waals surface area contributed by atoms with Gasteiger partial charge < -0.3 is 18.9 Å². The first kappa shape index (κ1) is 24.5. The van der Waals surface area contributed by atoms with Gasteiger partial charge in [0, 0.05) is 0 Å². The molecule has 2 rings (SSSR count). The summed E-state index contributed by atoms with van der Waals surface area (Å²) >= 11 is 0. The Morgan fingerprint density at radius 1 is 0.667 bits per heavy atom. The zero-order chi connectivity index (χ0) is 19.7. The lowest BCUT2D eigenvalue weighted by Gasteiger charge is -2.05. The summed E-state index contributed by atoms with van der Waals surface area (Å²) in [5.41, 5.74) is 3.00. The molecular weight excluding hydrogens is 416 g/mol. The van der Waals surface area contributed by atoms with Crippen LogP contribution in [0.1, 0.15) is 31.8 Å². The zero-order valence-corrected chi connectivity index (χ0v) is 18.0. The summed E-state index contributed by atoms with van der Waals surface area (Å²) in [7, 11) is 5.86. The second kappa shape index (κ2) is 12.0. The van der Waals surface area contributed by atoms with Gasteiger partial charge in [0.2, 0.25) is 0 Å². The topological polar surface area (TPSA) is 71.1 Å². The average molecular weight is 441 g/mol. The largest absolute Gasteiger partial charge is 0.496 e. The van der Waals surface area contributed by atoms with Crippen molar-refractivity contribution >= 4 is 28.9 Å². The van der Waals surface area contributed by atoms with Crippen molar-refractivity contribution in [3.8, 4) is 11.5 Å². The number of hydrogen-bond acceptors (Lipinski definition) is 6. The SMILES string of the molecule is Br.COC(=O)c1ccc(C)c(OC)c1.COC(=O)c1ccc(C)c(OC)c1. The minimum atomic E-state index is -0.349. The average Bonchev–Trinajstić information content (AvgIpc) is 2.68. The lowest BCUT2D eigenvalue weighted by Crippen LogP contribution is -2.01. The van der Waals surface area contributed by atoms with E-state index in [1.807, 2.05) is 26.0 Å². The molecule has 2 aromatic rings. The molecule has 27 heavy (non-hydrogen) atoms. The van der Waals surface area contributed by atoms with E-state index in [1.54, 1.807) is 38.5 Å². The summed E-state index contributed by atoms with van der Waals surface area (Å²) in [4.78, 5) is 22.2. The number of methoxy groups -OCH3 is 4. The Balaban J connectivity index is 0.000000483. The quantitative estimate of drug-likeness (QED) is 0.664. The van der Waals surface area contributed by atoms with Crippen LogP contribution in [0.3, 0.4) is 0 Å². The molecule has 0 aromatic heterocycles. The van der Waals surface area contributed by atoms with Crippen LogP contribution in [0.2, 0.25) is 0 Å². The molecular formula is C20H25BrO6. The minimum Gasteiger partial charge on any atom is -0.496 e. The molecule has 0 saturated carbocycles. The normalized spacial score (nSPS) is 9.11. The Morgan fingerprint density at radius 3 is 1.26 bits per heavy atom. The van der Waals surface area contributed by atoms with Gasteiger partial charge in [0.1, 0.15) is 11.5 Å². The minimum absolute atomic E-state index is 0. The molecule has 0 atom stereocenters. The number of hydrogen-bond donors (Lipinski definition) is 0. The molecule has 0 aliphatic carbocycles. The van der Waals surface area contributed by atoms with Crippen LogP contribution >= 0.6 is 17.0 Å². The van der Waals surface area contributed by atoms with Gasteiger partial charge in [-0.05, 0) is 49.2 Å². The van der Waals surface area contributed by atoms with Crippen LogP contribution in [0, 0.1) is 13.8 Å². The third-order valence-corrected chi connectivity index (χ3v) is 3.66. The highest BCUT2D eigenvalue weighted by Gasteiger charge is 2.08. The number of halogens is 1.